The Bertz CT molecular complexity index is 658. The Kier molecular flexibility index (Phi) is 4.56. The molecule has 0 radical (unpaired) electrons. The largest absolute Gasteiger partial charge is 0.416 e. The molecule has 1 N–H and O–H groups in total. The van der Waals surface area contributed by atoms with Crippen LogP contribution in [0.25, 0.3) is 0 Å². The SMILES string of the molecule is Cc1ccc(C(F)(F)F)cc1CN(C)[C@@H]1CS(=O)(=O)C[C@H]1O. The molecule has 22 heavy (non-hydrogen) atoms. The van der Waals surface area contributed by atoms with Gasteiger partial charge in [0.25, 0.3) is 0 Å². The minimum Gasteiger partial charge on any atom is -0.390 e. The van der Waals surface area contributed by atoms with Gasteiger partial charge in [-0.05, 0) is 37.2 Å². The highest BCUT2D eigenvalue weighted by Gasteiger charge is 2.39. The Morgan fingerprint density at radius 3 is 2.45 bits per heavy atom. The van der Waals surface area contributed by atoms with Crippen molar-refractivity contribution in [1.29, 1.82) is 0 Å². The summed E-state index contributed by atoms with van der Waals surface area (Å²) in [6.45, 7) is 1.85. The summed E-state index contributed by atoms with van der Waals surface area (Å²) in [5, 5.41) is 9.83. The second kappa shape index (κ2) is 5.82. The molecular formula is C14H18F3NO3S. The third-order valence-corrected chi connectivity index (χ3v) is 5.65. The van der Waals surface area contributed by atoms with Crippen molar-refractivity contribution in [1.82, 2.24) is 4.90 Å². The molecule has 1 heterocycles. The lowest BCUT2D eigenvalue weighted by Crippen LogP contribution is -2.40. The Morgan fingerprint density at radius 2 is 1.95 bits per heavy atom. The number of hydrogen-bond acceptors (Lipinski definition) is 4. The van der Waals surface area contributed by atoms with Gasteiger partial charge >= 0.3 is 6.18 Å². The van der Waals surface area contributed by atoms with E-state index in [1.807, 2.05) is 0 Å². The normalized spacial score (nSPS) is 24.9. The van der Waals surface area contributed by atoms with E-state index in [4.69, 9.17) is 0 Å². The highest BCUT2D eigenvalue weighted by molar-refractivity contribution is 7.91. The van der Waals surface area contributed by atoms with Gasteiger partial charge in [0, 0.05) is 6.54 Å². The molecule has 0 amide bonds. The quantitative estimate of drug-likeness (QED) is 0.910. The van der Waals surface area contributed by atoms with Crippen LogP contribution in [-0.4, -0.2) is 49.1 Å². The maximum Gasteiger partial charge on any atom is 0.416 e. The molecule has 4 nitrogen and oxygen atoms in total. The number of benzene rings is 1. The topological polar surface area (TPSA) is 57.6 Å². The molecule has 0 spiro atoms. The first-order chi connectivity index (χ1) is 9.99. The monoisotopic (exact) mass is 337 g/mol. The van der Waals surface area contributed by atoms with Crippen LogP contribution in [0.4, 0.5) is 13.2 Å². The molecule has 0 unspecified atom stereocenters. The summed E-state index contributed by atoms with van der Waals surface area (Å²) in [5.74, 6) is -0.480. The molecular weight excluding hydrogens is 319 g/mol. The van der Waals surface area contributed by atoms with Crippen molar-refractivity contribution in [3.8, 4) is 0 Å². The molecule has 0 bridgehead atoms. The lowest BCUT2D eigenvalue weighted by Gasteiger charge is -2.26. The molecule has 1 saturated heterocycles. The maximum absolute atomic E-state index is 12.8. The highest BCUT2D eigenvalue weighted by Crippen LogP contribution is 2.31. The summed E-state index contributed by atoms with van der Waals surface area (Å²) >= 11 is 0. The molecule has 1 aliphatic rings. The number of sulfone groups is 1. The van der Waals surface area contributed by atoms with E-state index in [1.54, 1.807) is 18.9 Å². The first-order valence-corrected chi connectivity index (χ1v) is 8.57. The summed E-state index contributed by atoms with van der Waals surface area (Å²) in [5.41, 5.74) is 0.421. The number of hydrogen-bond donors (Lipinski definition) is 1. The summed E-state index contributed by atoms with van der Waals surface area (Å²) in [6, 6.07) is 2.89. The third kappa shape index (κ3) is 3.80. The van der Waals surface area contributed by atoms with Crippen LogP contribution in [0.5, 0.6) is 0 Å². The predicted molar refractivity (Wildman–Crippen MR) is 76.1 cm³/mol. The van der Waals surface area contributed by atoms with E-state index < -0.39 is 33.7 Å². The molecule has 2 atom stereocenters. The molecule has 1 aromatic carbocycles. The van der Waals surface area contributed by atoms with Gasteiger partial charge in [0.1, 0.15) is 0 Å². The van der Waals surface area contributed by atoms with Gasteiger partial charge in [-0.2, -0.15) is 13.2 Å². The molecule has 1 fully saturated rings. The van der Waals surface area contributed by atoms with E-state index in [0.29, 0.717) is 11.1 Å². The van der Waals surface area contributed by atoms with Gasteiger partial charge in [0.2, 0.25) is 0 Å². The van der Waals surface area contributed by atoms with Crippen molar-refractivity contribution < 1.29 is 26.7 Å². The Hall–Kier alpha value is -1.12. The first-order valence-electron chi connectivity index (χ1n) is 6.75. The van der Waals surface area contributed by atoms with Gasteiger partial charge in [0.05, 0.1) is 29.2 Å². The van der Waals surface area contributed by atoms with E-state index in [0.717, 1.165) is 12.1 Å². The second-order valence-corrected chi connectivity index (χ2v) is 7.92. The second-order valence-electron chi connectivity index (χ2n) is 5.77. The van der Waals surface area contributed by atoms with Crippen molar-refractivity contribution in [2.24, 2.45) is 0 Å². The van der Waals surface area contributed by atoms with Gasteiger partial charge in [-0.3, -0.25) is 4.90 Å². The van der Waals surface area contributed by atoms with Gasteiger partial charge in [0.15, 0.2) is 9.84 Å². The fraction of sp³-hybridized carbons (Fsp3) is 0.571. The summed E-state index contributed by atoms with van der Waals surface area (Å²) < 4.78 is 61.4. The molecule has 1 aliphatic heterocycles. The maximum atomic E-state index is 12.8. The van der Waals surface area contributed by atoms with E-state index >= 15 is 0 Å². The number of aliphatic hydroxyl groups excluding tert-OH is 1. The Labute approximate surface area is 127 Å². The lowest BCUT2D eigenvalue weighted by molar-refractivity contribution is -0.137. The number of halogens is 3. The molecule has 8 heteroatoms. The lowest BCUT2D eigenvalue weighted by atomic mass is 10.0. The summed E-state index contributed by atoms with van der Waals surface area (Å²) in [7, 11) is -1.69. The average molecular weight is 337 g/mol. The van der Waals surface area contributed by atoms with E-state index in [-0.39, 0.29) is 18.1 Å². The molecule has 1 aromatic rings. The standard InChI is InChI=1S/C14H18F3NO3S/c1-9-3-4-11(14(15,16)17)5-10(9)6-18(2)12-7-22(20,21)8-13(12)19/h3-5,12-13,19H,6-8H2,1-2H3/t12-,13-/m1/s1. The van der Waals surface area contributed by atoms with Gasteiger partial charge < -0.3 is 5.11 Å². The minimum atomic E-state index is -4.42. The molecule has 0 saturated carbocycles. The van der Waals surface area contributed by atoms with Crippen LogP contribution in [0.15, 0.2) is 18.2 Å². The number of rotatable bonds is 3. The van der Waals surface area contributed by atoms with Crippen LogP contribution >= 0.6 is 0 Å². The number of likely N-dealkylation sites (N-methyl/N-ethyl adjacent to an activating group) is 1. The van der Waals surface area contributed by atoms with Crippen molar-refractivity contribution in [3.05, 3.63) is 34.9 Å². The highest BCUT2D eigenvalue weighted by atomic mass is 32.2. The smallest absolute Gasteiger partial charge is 0.390 e. The van der Waals surface area contributed by atoms with Crippen molar-refractivity contribution >= 4 is 9.84 Å². The van der Waals surface area contributed by atoms with Crippen molar-refractivity contribution in [2.75, 3.05) is 18.6 Å². The average Bonchev–Trinajstić information content (AvgIpc) is 2.64. The third-order valence-electron chi connectivity index (χ3n) is 3.96. The van der Waals surface area contributed by atoms with E-state index in [2.05, 4.69) is 0 Å². The van der Waals surface area contributed by atoms with Crippen LogP contribution in [0.3, 0.4) is 0 Å². The van der Waals surface area contributed by atoms with Crippen LogP contribution in [0.2, 0.25) is 0 Å². The van der Waals surface area contributed by atoms with Gasteiger partial charge in [-0.1, -0.05) is 6.07 Å². The zero-order chi connectivity index (χ0) is 16.7. The van der Waals surface area contributed by atoms with Crippen molar-refractivity contribution in [2.45, 2.75) is 31.8 Å². The van der Waals surface area contributed by atoms with Crippen LogP contribution in [0.1, 0.15) is 16.7 Å². The van der Waals surface area contributed by atoms with Crippen LogP contribution in [-0.2, 0) is 22.6 Å². The zero-order valence-electron chi connectivity index (χ0n) is 12.3. The van der Waals surface area contributed by atoms with Crippen LogP contribution < -0.4 is 0 Å². The van der Waals surface area contributed by atoms with Gasteiger partial charge in [-0.25, -0.2) is 8.42 Å². The summed E-state index contributed by atoms with van der Waals surface area (Å²) in [4.78, 5) is 1.59. The number of aliphatic hydroxyl groups is 1. The fourth-order valence-electron chi connectivity index (χ4n) is 2.64. The van der Waals surface area contributed by atoms with E-state index in [1.165, 1.54) is 6.07 Å². The number of alkyl halides is 3. The zero-order valence-corrected chi connectivity index (χ0v) is 13.1. The van der Waals surface area contributed by atoms with Crippen molar-refractivity contribution in [3.63, 3.8) is 0 Å². The number of aryl methyl sites for hydroxylation is 1. The fourth-order valence-corrected chi connectivity index (χ4v) is 4.51. The summed E-state index contributed by atoms with van der Waals surface area (Å²) in [6.07, 6.45) is -5.43. The number of nitrogens with zero attached hydrogens (tertiary/aromatic N) is 1. The predicted octanol–water partition coefficient (Wildman–Crippen LogP) is 1.60. The minimum absolute atomic E-state index is 0.146. The molecule has 0 aliphatic carbocycles. The van der Waals surface area contributed by atoms with E-state index in [9.17, 15) is 26.7 Å². The molecule has 124 valence electrons. The first kappa shape index (κ1) is 17.2. The molecule has 2 rings (SSSR count). The van der Waals surface area contributed by atoms with Crippen LogP contribution in [0, 0.1) is 6.92 Å². The Morgan fingerprint density at radius 1 is 1.32 bits per heavy atom. The Balaban J connectivity index is 2.20. The van der Waals surface area contributed by atoms with Gasteiger partial charge in [-0.15, -0.1) is 0 Å². The molecule has 0 aromatic heterocycles.